The van der Waals surface area contributed by atoms with E-state index in [1.165, 1.54) is 103 Å². The highest BCUT2D eigenvalue weighted by Crippen LogP contribution is 2.13. The highest BCUT2D eigenvalue weighted by molar-refractivity contribution is 5.87. The second-order valence-corrected chi connectivity index (χ2v) is 12.1. The van der Waals surface area contributed by atoms with Gasteiger partial charge in [0.05, 0.1) is 0 Å². The minimum Gasteiger partial charge on any atom is -0.354 e. The lowest BCUT2D eigenvalue weighted by molar-refractivity contribution is -0.129. The van der Waals surface area contributed by atoms with Gasteiger partial charge in [-0.15, -0.1) is 0 Å². The molecule has 6 heteroatoms. The third-order valence-corrected chi connectivity index (χ3v) is 8.08. The van der Waals surface area contributed by atoms with E-state index in [4.69, 9.17) is 5.73 Å². The van der Waals surface area contributed by atoms with Crippen molar-refractivity contribution in [1.29, 1.82) is 0 Å². The molecular formula is C36H66N4O2. The van der Waals surface area contributed by atoms with Gasteiger partial charge in [0.15, 0.2) is 0 Å². The van der Waals surface area contributed by atoms with Gasteiger partial charge in [0.1, 0.15) is 6.04 Å². The molecule has 1 aromatic rings. The fourth-order valence-electron chi connectivity index (χ4n) is 5.40. The first kappa shape index (κ1) is 38.1. The van der Waals surface area contributed by atoms with Crippen molar-refractivity contribution in [3.05, 3.63) is 35.9 Å². The molecule has 0 aliphatic carbocycles. The van der Waals surface area contributed by atoms with Crippen LogP contribution in [-0.4, -0.2) is 44.0 Å². The van der Waals surface area contributed by atoms with Crippen molar-refractivity contribution in [1.82, 2.24) is 16.0 Å². The molecule has 0 aliphatic heterocycles. The lowest BCUT2D eigenvalue weighted by Gasteiger charge is -2.19. The zero-order valence-electron chi connectivity index (χ0n) is 27.2. The number of nitrogens with two attached hydrogens (primary N) is 1. The molecule has 0 bridgehead atoms. The first-order chi connectivity index (χ1) is 20.7. The number of benzene rings is 1. The van der Waals surface area contributed by atoms with E-state index < -0.39 is 6.04 Å². The summed E-state index contributed by atoms with van der Waals surface area (Å²) in [4.78, 5) is 25.4. The SMILES string of the molecule is CCCCCCCCCCCCCCCCCCNCCCC(=O)N[C@@H](Cc1ccccc1)C(=O)NCCCCCN. The minimum atomic E-state index is -0.549. The lowest BCUT2D eigenvalue weighted by Crippen LogP contribution is -2.48. The molecule has 0 fully saturated rings. The van der Waals surface area contributed by atoms with Gasteiger partial charge in [-0.2, -0.15) is 0 Å². The maximum absolute atomic E-state index is 12.8. The fraction of sp³-hybridized carbons (Fsp3) is 0.778. The second-order valence-electron chi connectivity index (χ2n) is 12.1. The summed E-state index contributed by atoms with van der Waals surface area (Å²) < 4.78 is 0. The molecule has 0 aromatic heterocycles. The van der Waals surface area contributed by atoms with Crippen molar-refractivity contribution < 1.29 is 9.59 Å². The highest BCUT2D eigenvalue weighted by atomic mass is 16.2. The van der Waals surface area contributed by atoms with Crippen molar-refractivity contribution in [2.45, 2.75) is 154 Å². The maximum atomic E-state index is 12.8. The number of unbranched alkanes of at least 4 members (excludes halogenated alkanes) is 17. The molecule has 1 rings (SSSR count). The number of amides is 2. The fourth-order valence-corrected chi connectivity index (χ4v) is 5.40. The maximum Gasteiger partial charge on any atom is 0.242 e. The van der Waals surface area contributed by atoms with Gasteiger partial charge in [-0.1, -0.05) is 140 Å². The van der Waals surface area contributed by atoms with Gasteiger partial charge in [0.25, 0.3) is 0 Å². The molecule has 0 radical (unpaired) electrons. The quantitative estimate of drug-likeness (QED) is 0.0698. The lowest BCUT2D eigenvalue weighted by atomic mass is 10.0. The number of hydrogen-bond acceptors (Lipinski definition) is 4. The Kier molecular flexibility index (Phi) is 26.5. The van der Waals surface area contributed by atoms with Crippen LogP contribution in [0.25, 0.3) is 0 Å². The summed E-state index contributed by atoms with van der Waals surface area (Å²) in [7, 11) is 0. The van der Waals surface area contributed by atoms with Crippen LogP contribution in [0.3, 0.4) is 0 Å². The van der Waals surface area contributed by atoms with Crippen LogP contribution in [0.4, 0.5) is 0 Å². The zero-order chi connectivity index (χ0) is 30.4. The Morgan fingerprint density at radius 3 is 1.71 bits per heavy atom. The van der Waals surface area contributed by atoms with Crippen LogP contribution in [-0.2, 0) is 16.0 Å². The molecule has 0 heterocycles. The second kappa shape index (κ2) is 29.2. The van der Waals surface area contributed by atoms with E-state index in [0.29, 0.717) is 25.9 Å². The van der Waals surface area contributed by atoms with Gasteiger partial charge in [-0.3, -0.25) is 9.59 Å². The Labute approximate surface area is 259 Å². The van der Waals surface area contributed by atoms with Gasteiger partial charge in [0, 0.05) is 19.4 Å². The number of nitrogens with one attached hydrogen (secondary N) is 3. The number of carbonyl (C=O) groups excluding carboxylic acids is 2. The van der Waals surface area contributed by atoms with Crippen molar-refractivity contribution in [3.63, 3.8) is 0 Å². The highest BCUT2D eigenvalue weighted by Gasteiger charge is 2.20. The third kappa shape index (κ3) is 23.6. The standard InChI is InChI=1S/C36H66N4O2/c1-2-3-4-5-6-7-8-9-10-11-12-13-14-15-16-22-29-38-30-24-27-35(41)40-34(32-33-25-19-17-20-26-33)36(42)39-31-23-18-21-28-37/h17,19-20,25-26,34,38H,2-16,18,21-24,27-32,37H2,1H3,(H,39,42)(H,40,41)/t34-/m0/s1. The largest absolute Gasteiger partial charge is 0.354 e. The summed E-state index contributed by atoms with van der Waals surface area (Å²) in [6.45, 7) is 5.43. The van der Waals surface area contributed by atoms with Crippen LogP contribution >= 0.6 is 0 Å². The van der Waals surface area contributed by atoms with Gasteiger partial charge in [-0.25, -0.2) is 0 Å². The Bertz CT molecular complexity index is 743. The van der Waals surface area contributed by atoms with Crippen molar-refractivity contribution in [2.75, 3.05) is 26.2 Å². The predicted octanol–water partition coefficient (Wildman–Crippen LogP) is 7.59. The van der Waals surface area contributed by atoms with Crippen LogP contribution in [0.2, 0.25) is 0 Å². The summed E-state index contributed by atoms with van der Waals surface area (Å²) in [5.74, 6) is -0.167. The van der Waals surface area contributed by atoms with Crippen molar-refractivity contribution in [3.8, 4) is 0 Å². The normalized spacial score (nSPS) is 11.9. The van der Waals surface area contributed by atoms with Gasteiger partial charge in [0.2, 0.25) is 11.8 Å². The average Bonchev–Trinajstić information content (AvgIpc) is 3.00. The van der Waals surface area contributed by atoms with Crippen LogP contribution in [0, 0.1) is 0 Å². The Morgan fingerprint density at radius 2 is 1.14 bits per heavy atom. The van der Waals surface area contributed by atoms with E-state index in [9.17, 15) is 9.59 Å². The van der Waals surface area contributed by atoms with Crippen LogP contribution in [0.1, 0.15) is 147 Å². The molecule has 2 amide bonds. The Morgan fingerprint density at radius 1 is 0.643 bits per heavy atom. The van der Waals surface area contributed by atoms with Gasteiger partial charge < -0.3 is 21.7 Å². The predicted molar refractivity (Wildman–Crippen MR) is 180 cm³/mol. The van der Waals surface area contributed by atoms with Crippen LogP contribution in [0.15, 0.2) is 30.3 Å². The van der Waals surface area contributed by atoms with Gasteiger partial charge in [-0.05, 0) is 50.9 Å². The molecular weight excluding hydrogens is 520 g/mol. The van der Waals surface area contributed by atoms with E-state index in [2.05, 4.69) is 22.9 Å². The van der Waals surface area contributed by atoms with Crippen LogP contribution in [0.5, 0.6) is 0 Å². The Balaban J connectivity index is 2.02. The van der Waals surface area contributed by atoms with Crippen LogP contribution < -0.4 is 21.7 Å². The number of carbonyl (C=O) groups is 2. The molecule has 42 heavy (non-hydrogen) atoms. The minimum absolute atomic E-state index is 0.0570. The van der Waals surface area contributed by atoms with E-state index in [0.717, 1.165) is 44.3 Å². The first-order valence-electron chi connectivity index (χ1n) is 17.7. The molecule has 0 saturated heterocycles. The van der Waals surface area contributed by atoms with Crippen molar-refractivity contribution in [2.24, 2.45) is 5.73 Å². The molecule has 1 atom stereocenters. The average molecular weight is 587 g/mol. The van der Waals surface area contributed by atoms with E-state index in [1.54, 1.807) is 0 Å². The zero-order valence-corrected chi connectivity index (χ0v) is 27.2. The van der Waals surface area contributed by atoms with E-state index in [1.807, 2.05) is 30.3 Å². The molecule has 0 aliphatic rings. The summed E-state index contributed by atoms with van der Waals surface area (Å²) in [5.41, 5.74) is 6.59. The van der Waals surface area contributed by atoms with Gasteiger partial charge >= 0.3 is 0 Å². The first-order valence-corrected chi connectivity index (χ1v) is 17.7. The third-order valence-electron chi connectivity index (χ3n) is 8.08. The van der Waals surface area contributed by atoms with Crippen molar-refractivity contribution >= 4 is 11.8 Å². The molecule has 5 N–H and O–H groups in total. The molecule has 242 valence electrons. The molecule has 0 unspecified atom stereocenters. The summed E-state index contributed by atoms with van der Waals surface area (Å²) in [6, 6.07) is 9.33. The summed E-state index contributed by atoms with van der Waals surface area (Å²) in [5, 5.41) is 9.45. The summed E-state index contributed by atoms with van der Waals surface area (Å²) >= 11 is 0. The molecule has 1 aromatic carbocycles. The monoisotopic (exact) mass is 587 g/mol. The Hall–Kier alpha value is -1.92. The van der Waals surface area contributed by atoms with E-state index >= 15 is 0 Å². The molecule has 0 spiro atoms. The smallest absolute Gasteiger partial charge is 0.242 e. The van der Waals surface area contributed by atoms with E-state index in [-0.39, 0.29) is 11.8 Å². The molecule has 0 saturated carbocycles. The number of rotatable bonds is 30. The topological polar surface area (TPSA) is 96.2 Å². The number of hydrogen-bond donors (Lipinski definition) is 4. The summed E-state index contributed by atoms with van der Waals surface area (Å²) in [6.07, 6.45) is 26.8. The molecule has 6 nitrogen and oxygen atoms in total.